The lowest BCUT2D eigenvalue weighted by Crippen LogP contribution is -2.39. The van der Waals surface area contributed by atoms with E-state index in [9.17, 15) is 9.18 Å². The molecule has 0 N–H and O–H groups in total. The van der Waals surface area contributed by atoms with E-state index in [1.54, 1.807) is 41.8 Å². The van der Waals surface area contributed by atoms with E-state index in [1.807, 2.05) is 30.5 Å². The maximum absolute atomic E-state index is 14.3. The number of nitrogens with zero attached hydrogens (tertiary/aromatic N) is 5. The van der Waals surface area contributed by atoms with Gasteiger partial charge in [0.25, 0.3) is 5.91 Å². The van der Waals surface area contributed by atoms with Gasteiger partial charge in [0.15, 0.2) is 5.82 Å². The molecular weight excluding hydrogens is 417 g/mol. The molecular formula is C26H22FN5O. The number of benzene rings is 1. The number of pyridine rings is 2. The molecule has 33 heavy (non-hydrogen) atoms. The minimum absolute atomic E-state index is 0.00114. The van der Waals surface area contributed by atoms with Crippen molar-refractivity contribution in [2.45, 2.75) is 18.8 Å². The van der Waals surface area contributed by atoms with Crippen LogP contribution in [0.3, 0.4) is 0 Å². The van der Waals surface area contributed by atoms with E-state index in [-0.39, 0.29) is 17.4 Å². The third-order valence-electron chi connectivity index (χ3n) is 5.95. The van der Waals surface area contributed by atoms with Crippen LogP contribution >= 0.6 is 0 Å². The van der Waals surface area contributed by atoms with Gasteiger partial charge in [-0.3, -0.25) is 14.8 Å². The summed E-state index contributed by atoms with van der Waals surface area (Å²) in [6.45, 7) is 1.06. The van der Waals surface area contributed by atoms with E-state index in [1.165, 1.54) is 12.1 Å². The maximum atomic E-state index is 14.3. The van der Waals surface area contributed by atoms with Crippen molar-refractivity contribution >= 4 is 5.91 Å². The molecule has 5 rings (SSSR count). The van der Waals surface area contributed by atoms with Crippen LogP contribution in [0.1, 0.15) is 34.8 Å². The van der Waals surface area contributed by atoms with Crippen LogP contribution in [0.15, 0.2) is 79.5 Å². The number of halogens is 1. The van der Waals surface area contributed by atoms with Crippen LogP contribution in [0.5, 0.6) is 0 Å². The molecule has 164 valence electrons. The molecule has 1 aromatic carbocycles. The first-order valence-electron chi connectivity index (χ1n) is 10.9. The van der Waals surface area contributed by atoms with Crippen LogP contribution < -0.4 is 0 Å². The zero-order valence-electron chi connectivity index (χ0n) is 17.9. The van der Waals surface area contributed by atoms with Gasteiger partial charge in [0.1, 0.15) is 5.82 Å². The summed E-state index contributed by atoms with van der Waals surface area (Å²) in [7, 11) is 0. The van der Waals surface area contributed by atoms with Gasteiger partial charge in [-0.15, -0.1) is 0 Å². The SMILES string of the molecule is O=C(c1ccccc1F)N1CCC[C@@H](c2nc(-c3ccncc3)ncc2-c2ccncc2)C1. The molecule has 0 unspecified atom stereocenters. The van der Waals surface area contributed by atoms with Crippen molar-refractivity contribution in [2.24, 2.45) is 0 Å². The number of aromatic nitrogens is 4. The average molecular weight is 439 g/mol. The first kappa shape index (κ1) is 20.9. The molecule has 0 aliphatic carbocycles. The van der Waals surface area contributed by atoms with Crippen molar-refractivity contribution in [3.8, 4) is 22.5 Å². The summed E-state index contributed by atoms with van der Waals surface area (Å²) >= 11 is 0. The van der Waals surface area contributed by atoms with Crippen molar-refractivity contribution in [3.05, 3.63) is 96.6 Å². The summed E-state index contributed by atoms with van der Waals surface area (Å²) in [5, 5.41) is 0. The van der Waals surface area contributed by atoms with Crippen LogP contribution in [0.25, 0.3) is 22.5 Å². The number of carbonyl (C=O) groups is 1. The lowest BCUT2D eigenvalue weighted by Gasteiger charge is -2.33. The first-order chi connectivity index (χ1) is 16.2. The number of hydrogen-bond acceptors (Lipinski definition) is 5. The Morgan fingerprint density at radius 1 is 0.939 bits per heavy atom. The Labute approximate surface area is 191 Å². The summed E-state index contributed by atoms with van der Waals surface area (Å²) in [6.07, 6.45) is 10.4. The summed E-state index contributed by atoms with van der Waals surface area (Å²) in [5.41, 5.74) is 3.75. The Morgan fingerprint density at radius 3 is 2.36 bits per heavy atom. The fourth-order valence-electron chi connectivity index (χ4n) is 4.29. The van der Waals surface area contributed by atoms with Crippen LogP contribution in [-0.4, -0.2) is 43.8 Å². The molecule has 1 saturated heterocycles. The van der Waals surface area contributed by atoms with Crippen molar-refractivity contribution in [1.29, 1.82) is 0 Å². The van der Waals surface area contributed by atoms with Crippen LogP contribution in [-0.2, 0) is 0 Å². The highest BCUT2D eigenvalue weighted by atomic mass is 19.1. The van der Waals surface area contributed by atoms with Crippen molar-refractivity contribution < 1.29 is 9.18 Å². The predicted octanol–water partition coefficient (Wildman–Crippen LogP) is 4.76. The molecule has 3 aromatic heterocycles. The number of piperidine rings is 1. The first-order valence-corrected chi connectivity index (χ1v) is 10.9. The molecule has 0 bridgehead atoms. The van der Waals surface area contributed by atoms with Crippen molar-refractivity contribution in [2.75, 3.05) is 13.1 Å². The van der Waals surface area contributed by atoms with Gasteiger partial charge in [-0.2, -0.15) is 0 Å². The molecule has 7 heteroatoms. The Kier molecular flexibility index (Phi) is 5.85. The topological polar surface area (TPSA) is 71.9 Å². The minimum Gasteiger partial charge on any atom is -0.338 e. The molecule has 1 amide bonds. The molecule has 0 saturated carbocycles. The van der Waals surface area contributed by atoms with E-state index in [4.69, 9.17) is 4.98 Å². The fourth-order valence-corrected chi connectivity index (χ4v) is 4.29. The smallest absolute Gasteiger partial charge is 0.256 e. The number of likely N-dealkylation sites (tertiary alicyclic amines) is 1. The minimum atomic E-state index is -0.496. The third kappa shape index (κ3) is 4.35. The Morgan fingerprint density at radius 2 is 1.64 bits per heavy atom. The van der Waals surface area contributed by atoms with Crippen LogP contribution in [0.4, 0.5) is 4.39 Å². The summed E-state index contributed by atoms with van der Waals surface area (Å²) in [5.74, 6) is -0.167. The fraction of sp³-hybridized carbons (Fsp3) is 0.192. The van der Waals surface area contributed by atoms with Gasteiger partial charge >= 0.3 is 0 Å². The normalized spacial score (nSPS) is 15.9. The number of rotatable bonds is 4. The summed E-state index contributed by atoms with van der Waals surface area (Å²) < 4.78 is 14.3. The lowest BCUT2D eigenvalue weighted by molar-refractivity contribution is 0.0701. The van der Waals surface area contributed by atoms with Gasteiger partial charge in [0, 0.05) is 61.1 Å². The van der Waals surface area contributed by atoms with E-state index >= 15 is 0 Å². The predicted molar refractivity (Wildman–Crippen MR) is 123 cm³/mol. The van der Waals surface area contributed by atoms with Gasteiger partial charge in [0.05, 0.1) is 11.3 Å². The Bertz CT molecular complexity index is 1270. The monoisotopic (exact) mass is 439 g/mol. The second-order valence-corrected chi connectivity index (χ2v) is 8.03. The van der Waals surface area contributed by atoms with Gasteiger partial charge in [-0.25, -0.2) is 14.4 Å². The molecule has 0 radical (unpaired) electrons. The maximum Gasteiger partial charge on any atom is 0.256 e. The zero-order chi connectivity index (χ0) is 22.6. The van der Waals surface area contributed by atoms with Gasteiger partial charge in [-0.1, -0.05) is 12.1 Å². The molecule has 1 aliphatic rings. The largest absolute Gasteiger partial charge is 0.338 e. The second kappa shape index (κ2) is 9.24. The lowest BCUT2D eigenvalue weighted by atomic mass is 9.89. The van der Waals surface area contributed by atoms with Gasteiger partial charge in [-0.05, 0) is 54.8 Å². The molecule has 1 fully saturated rings. The zero-order valence-corrected chi connectivity index (χ0v) is 17.9. The highest BCUT2D eigenvalue weighted by molar-refractivity contribution is 5.94. The molecule has 1 aliphatic heterocycles. The molecule has 1 atom stereocenters. The number of amides is 1. The van der Waals surface area contributed by atoms with Gasteiger partial charge < -0.3 is 4.90 Å². The van der Waals surface area contributed by atoms with Crippen molar-refractivity contribution in [1.82, 2.24) is 24.8 Å². The van der Waals surface area contributed by atoms with E-state index in [0.29, 0.717) is 18.9 Å². The molecule has 4 heterocycles. The average Bonchev–Trinajstić information content (AvgIpc) is 2.89. The van der Waals surface area contributed by atoms with Crippen LogP contribution in [0.2, 0.25) is 0 Å². The third-order valence-corrected chi connectivity index (χ3v) is 5.95. The summed E-state index contributed by atoms with van der Waals surface area (Å²) in [4.78, 5) is 32.6. The quantitative estimate of drug-likeness (QED) is 0.459. The Hall–Kier alpha value is -4.00. The highest BCUT2D eigenvalue weighted by Crippen LogP contribution is 2.34. The standard InChI is InChI=1S/C26H22FN5O/c27-23-6-2-1-5-21(23)26(33)32-15-3-4-20(17-32)24-22(18-7-11-28-12-8-18)16-30-25(31-24)19-9-13-29-14-10-19/h1-2,5-14,16,20H,3-4,15,17H2/t20-/m1/s1. The number of hydrogen-bond donors (Lipinski definition) is 0. The molecule has 4 aromatic rings. The second-order valence-electron chi connectivity index (χ2n) is 8.03. The van der Waals surface area contributed by atoms with E-state index in [0.717, 1.165) is 35.2 Å². The number of carbonyl (C=O) groups excluding carboxylic acids is 1. The van der Waals surface area contributed by atoms with Crippen molar-refractivity contribution in [3.63, 3.8) is 0 Å². The van der Waals surface area contributed by atoms with E-state index in [2.05, 4.69) is 15.0 Å². The van der Waals surface area contributed by atoms with Crippen LogP contribution in [0, 0.1) is 5.82 Å². The molecule has 0 spiro atoms. The van der Waals surface area contributed by atoms with E-state index < -0.39 is 5.82 Å². The van der Waals surface area contributed by atoms with Gasteiger partial charge in [0.2, 0.25) is 0 Å². The highest BCUT2D eigenvalue weighted by Gasteiger charge is 2.29. The Balaban J connectivity index is 1.52. The molecule has 6 nitrogen and oxygen atoms in total. The summed E-state index contributed by atoms with van der Waals surface area (Å²) in [6, 6.07) is 13.7.